The fourth-order valence-electron chi connectivity index (χ4n) is 2.49. The quantitative estimate of drug-likeness (QED) is 0.707. The highest BCUT2D eigenvalue weighted by Gasteiger charge is 2.25. The first-order valence-electron chi connectivity index (χ1n) is 5.78. The minimum atomic E-state index is 0.0199. The topological polar surface area (TPSA) is 30.0 Å². The summed E-state index contributed by atoms with van der Waals surface area (Å²) in [6.45, 7) is 0. The molecule has 15 heavy (non-hydrogen) atoms. The lowest BCUT2D eigenvalue weighted by atomic mass is 9.79. The van der Waals surface area contributed by atoms with Gasteiger partial charge in [0.15, 0.2) is 0 Å². The zero-order chi connectivity index (χ0) is 10.5. The molecule has 1 aliphatic carbocycles. The Labute approximate surface area is 90.7 Å². The van der Waals surface area contributed by atoms with Crippen molar-refractivity contribution in [3.8, 4) is 0 Å². The first kappa shape index (κ1) is 10.3. The summed E-state index contributed by atoms with van der Waals surface area (Å²) in [5, 5.41) is 0. The Hall–Kier alpha value is -1.18. The SMILES string of the molecule is O=CC(c1ccccn1)C1CCCCC1. The molecule has 80 valence electrons. The number of aromatic nitrogens is 1. The van der Waals surface area contributed by atoms with Crippen LogP contribution in [-0.4, -0.2) is 11.3 Å². The van der Waals surface area contributed by atoms with Gasteiger partial charge in [0.25, 0.3) is 0 Å². The Bertz CT molecular complexity index is 304. The maximum Gasteiger partial charge on any atom is 0.129 e. The molecule has 1 saturated carbocycles. The van der Waals surface area contributed by atoms with Crippen LogP contribution < -0.4 is 0 Å². The number of nitrogens with zero attached hydrogens (tertiary/aromatic N) is 1. The molecular weight excluding hydrogens is 186 g/mol. The van der Waals surface area contributed by atoms with E-state index in [9.17, 15) is 4.79 Å². The summed E-state index contributed by atoms with van der Waals surface area (Å²) in [6.07, 6.45) is 9.07. The molecule has 0 aliphatic heterocycles. The molecule has 2 rings (SSSR count). The van der Waals surface area contributed by atoms with E-state index >= 15 is 0 Å². The average molecular weight is 203 g/mol. The number of carbonyl (C=O) groups is 1. The summed E-state index contributed by atoms with van der Waals surface area (Å²) in [4.78, 5) is 15.5. The van der Waals surface area contributed by atoms with Gasteiger partial charge in [-0.1, -0.05) is 25.3 Å². The zero-order valence-electron chi connectivity index (χ0n) is 8.93. The second-order valence-electron chi connectivity index (χ2n) is 4.31. The van der Waals surface area contributed by atoms with E-state index in [0.717, 1.165) is 12.0 Å². The predicted molar refractivity (Wildman–Crippen MR) is 59.6 cm³/mol. The van der Waals surface area contributed by atoms with Gasteiger partial charge in [-0.2, -0.15) is 0 Å². The van der Waals surface area contributed by atoms with Crippen LogP contribution in [0.3, 0.4) is 0 Å². The first-order chi connectivity index (χ1) is 7.42. The van der Waals surface area contributed by atoms with Crippen molar-refractivity contribution in [2.24, 2.45) is 5.92 Å². The molecule has 2 heteroatoms. The Kier molecular flexibility index (Phi) is 3.49. The minimum absolute atomic E-state index is 0.0199. The van der Waals surface area contributed by atoms with Crippen LogP contribution in [0.15, 0.2) is 24.4 Å². The molecule has 1 fully saturated rings. The first-order valence-corrected chi connectivity index (χ1v) is 5.78. The summed E-state index contributed by atoms with van der Waals surface area (Å²) < 4.78 is 0. The van der Waals surface area contributed by atoms with Gasteiger partial charge in [0.05, 0.1) is 11.6 Å². The van der Waals surface area contributed by atoms with Crippen LogP contribution in [0.4, 0.5) is 0 Å². The molecule has 0 bridgehead atoms. The lowest BCUT2D eigenvalue weighted by Crippen LogP contribution is -2.18. The van der Waals surface area contributed by atoms with Crippen LogP contribution in [0.1, 0.15) is 43.7 Å². The monoisotopic (exact) mass is 203 g/mol. The van der Waals surface area contributed by atoms with Gasteiger partial charge < -0.3 is 4.79 Å². The van der Waals surface area contributed by atoms with Gasteiger partial charge in [0.2, 0.25) is 0 Å². The third-order valence-electron chi connectivity index (χ3n) is 3.33. The third kappa shape index (κ3) is 2.44. The number of carbonyl (C=O) groups excluding carboxylic acids is 1. The molecule has 1 unspecified atom stereocenters. The molecule has 2 nitrogen and oxygen atoms in total. The molecule has 0 saturated heterocycles. The molecular formula is C13H17NO. The molecule has 0 N–H and O–H groups in total. The standard InChI is InChI=1S/C13H17NO/c15-10-12(11-6-2-1-3-7-11)13-8-4-5-9-14-13/h4-5,8-12H,1-3,6-7H2. The Morgan fingerprint density at radius 2 is 2.07 bits per heavy atom. The lowest BCUT2D eigenvalue weighted by Gasteiger charge is -2.26. The molecule has 0 radical (unpaired) electrons. The van der Waals surface area contributed by atoms with Crippen molar-refractivity contribution in [2.45, 2.75) is 38.0 Å². The van der Waals surface area contributed by atoms with E-state index in [4.69, 9.17) is 0 Å². The van der Waals surface area contributed by atoms with Crippen molar-refractivity contribution < 1.29 is 4.79 Å². The number of rotatable bonds is 3. The molecule has 1 aromatic heterocycles. The predicted octanol–water partition coefficient (Wildman–Crippen LogP) is 2.94. The number of pyridine rings is 1. The highest BCUT2D eigenvalue weighted by Crippen LogP contribution is 2.33. The smallest absolute Gasteiger partial charge is 0.129 e. The third-order valence-corrected chi connectivity index (χ3v) is 3.33. The Morgan fingerprint density at radius 1 is 1.27 bits per heavy atom. The van der Waals surface area contributed by atoms with Crippen LogP contribution in [0.5, 0.6) is 0 Å². The Balaban J connectivity index is 2.12. The summed E-state index contributed by atoms with van der Waals surface area (Å²) in [7, 11) is 0. The van der Waals surface area contributed by atoms with Crippen molar-refractivity contribution in [1.82, 2.24) is 4.98 Å². The van der Waals surface area contributed by atoms with Gasteiger partial charge in [-0.05, 0) is 30.9 Å². The van der Waals surface area contributed by atoms with E-state index in [2.05, 4.69) is 4.98 Å². The Morgan fingerprint density at radius 3 is 2.67 bits per heavy atom. The second kappa shape index (κ2) is 5.06. The summed E-state index contributed by atoms with van der Waals surface area (Å²) in [6, 6.07) is 5.82. The maximum atomic E-state index is 11.2. The molecule has 1 heterocycles. The summed E-state index contributed by atoms with van der Waals surface area (Å²) in [5.41, 5.74) is 0.944. The molecule has 0 aromatic carbocycles. The summed E-state index contributed by atoms with van der Waals surface area (Å²) in [5.74, 6) is 0.539. The highest BCUT2D eigenvalue weighted by atomic mass is 16.1. The van der Waals surface area contributed by atoms with E-state index in [1.807, 2.05) is 18.2 Å². The molecule has 1 atom stereocenters. The van der Waals surface area contributed by atoms with E-state index in [1.165, 1.54) is 32.1 Å². The van der Waals surface area contributed by atoms with Gasteiger partial charge in [-0.25, -0.2) is 0 Å². The van der Waals surface area contributed by atoms with Crippen molar-refractivity contribution in [3.05, 3.63) is 30.1 Å². The van der Waals surface area contributed by atoms with Crippen LogP contribution >= 0.6 is 0 Å². The van der Waals surface area contributed by atoms with E-state index in [1.54, 1.807) is 6.20 Å². The van der Waals surface area contributed by atoms with Gasteiger partial charge in [-0.3, -0.25) is 4.98 Å². The van der Waals surface area contributed by atoms with Crippen molar-refractivity contribution in [3.63, 3.8) is 0 Å². The molecule has 0 spiro atoms. The van der Waals surface area contributed by atoms with Gasteiger partial charge in [-0.15, -0.1) is 0 Å². The van der Waals surface area contributed by atoms with Crippen molar-refractivity contribution in [1.29, 1.82) is 0 Å². The lowest BCUT2D eigenvalue weighted by molar-refractivity contribution is -0.110. The number of aldehydes is 1. The van der Waals surface area contributed by atoms with Gasteiger partial charge in [0.1, 0.15) is 6.29 Å². The zero-order valence-corrected chi connectivity index (χ0v) is 8.93. The van der Waals surface area contributed by atoms with Gasteiger partial charge >= 0.3 is 0 Å². The summed E-state index contributed by atoms with van der Waals surface area (Å²) >= 11 is 0. The number of hydrogen-bond donors (Lipinski definition) is 0. The van der Waals surface area contributed by atoms with E-state index in [0.29, 0.717) is 5.92 Å². The largest absolute Gasteiger partial charge is 0.303 e. The molecule has 0 amide bonds. The van der Waals surface area contributed by atoms with Crippen LogP contribution in [0.25, 0.3) is 0 Å². The fourth-order valence-corrected chi connectivity index (χ4v) is 2.49. The molecule has 1 aliphatic rings. The number of hydrogen-bond acceptors (Lipinski definition) is 2. The van der Waals surface area contributed by atoms with Crippen LogP contribution in [-0.2, 0) is 4.79 Å². The fraction of sp³-hybridized carbons (Fsp3) is 0.538. The van der Waals surface area contributed by atoms with Crippen molar-refractivity contribution >= 4 is 6.29 Å². The van der Waals surface area contributed by atoms with E-state index < -0.39 is 0 Å². The van der Waals surface area contributed by atoms with Crippen LogP contribution in [0.2, 0.25) is 0 Å². The second-order valence-corrected chi connectivity index (χ2v) is 4.31. The minimum Gasteiger partial charge on any atom is -0.303 e. The normalized spacial score (nSPS) is 19.7. The van der Waals surface area contributed by atoms with E-state index in [-0.39, 0.29) is 5.92 Å². The molecule has 1 aromatic rings. The maximum absolute atomic E-state index is 11.2. The highest BCUT2D eigenvalue weighted by molar-refractivity contribution is 5.61. The van der Waals surface area contributed by atoms with Crippen molar-refractivity contribution in [2.75, 3.05) is 0 Å². The van der Waals surface area contributed by atoms with Crippen LogP contribution in [0, 0.1) is 5.92 Å². The average Bonchev–Trinajstić information content (AvgIpc) is 2.33. The van der Waals surface area contributed by atoms with Gasteiger partial charge in [0, 0.05) is 6.20 Å².